The van der Waals surface area contributed by atoms with Crippen LogP contribution in [0.1, 0.15) is 83.7 Å². The number of carbonyl (C=O) groups is 3. The van der Waals surface area contributed by atoms with E-state index in [1.54, 1.807) is 37.8 Å². The fourth-order valence-corrected chi connectivity index (χ4v) is 4.35. The van der Waals surface area contributed by atoms with Crippen molar-refractivity contribution in [3.63, 3.8) is 0 Å². The van der Waals surface area contributed by atoms with Gasteiger partial charge in [0.05, 0.1) is 0 Å². The summed E-state index contributed by atoms with van der Waals surface area (Å²) < 4.78 is 5.48. The highest BCUT2D eigenvalue weighted by molar-refractivity contribution is 5.93. The van der Waals surface area contributed by atoms with Gasteiger partial charge in [-0.15, -0.1) is 0 Å². The smallest absolute Gasteiger partial charge is 0.408 e. The molecular formula is C31H45N3O5. The molecule has 8 nitrogen and oxygen atoms in total. The van der Waals surface area contributed by atoms with E-state index >= 15 is 0 Å². The molecule has 3 amide bonds. The second-order valence-corrected chi connectivity index (χ2v) is 12.4. The number of amides is 3. The first-order valence-corrected chi connectivity index (χ1v) is 13.4. The van der Waals surface area contributed by atoms with E-state index in [1.165, 1.54) is 12.1 Å². The predicted molar refractivity (Wildman–Crippen MR) is 154 cm³/mol. The molecule has 2 atom stereocenters. The first-order valence-electron chi connectivity index (χ1n) is 13.4. The van der Waals surface area contributed by atoms with Crippen molar-refractivity contribution in [1.82, 2.24) is 15.5 Å². The lowest BCUT2D eigenvalue weighted by Crippen LogP contribution is -2.59. The Balaban J connectivity index is 2.66. The minimum absolute atomic E-state index is 0.0957. The van der Waals surface area contributed by atoms with E-state index in [1.807, 2.05) is 66.7 Å². The third-order valence-corrected chi connectivity index (χ3v) is 5.99. The van der Waals surface area contributed by atoms with Crippen molar-refractivity contribution in [2.45, 2.75) is 105 Å². The zero-order chi connectivity index (χ0) is 29.7. The van der Waals surface area contributed by atoms with Crippen molar-refractivity contribution in [3.8, 4) is 5.75 Å². The van der Waals surface area contributed by atoms with Crippen LogP contribution in [-0.2, 0) is 20.7 Å². The molecule has 0 heterocycles. The molecule has 0 radical (unpaired) electrons. The number of phenolic OH excluding ortho intramolecular Hbond substituents is 1. The van der Waals surface area contributed by atoms with Gasteiger partial charge in [0.1, 0.15) is 23.4 Å². The highest BCUT2D eigenvalue weighted by atomic mass is 16.6. The predicted octanol–water partition coefficient (Wildman–Crippen LogP) is 5.34. The minimum atomic E-state index is -1.04. The van der Waals surface area contributed by atoms with Crippen LogP contribution in [0.2, 0.25) is 0 Å². The van der Waals surface area contributed by atoms with Crippen molar-refractivity contribution in [2.24, 2.45) is 0 Å². The monoisotopic (exact) mass is 539 g/mol. The van der Waals surface area contributed by atoms with Crippen LogP contribution >= 0.6 is 0 Å². The van der Waals surface area contributed by atoms with E-state index in [9.17, 15) is 19.5 Å². The number of rotatable bonds is 8. The molecule has 2 unspecified atom stereocenters. The minimum Gasteiger partial charge on any atom is -0.508 e. The summed E-state index contributed by atoms with van der Waals surface area (Å²) in [6.07, 6.45) is -0.598. The van der Waals surface area contributed by atoms with Gasteiger partial charge in [-0.25, -0.2) is 4.79 Å². The molecular weight excluding hydrogens is 494 g/mol. The number of aromatic hydroxyl groups is 1. The number of nitrogens with zero attached hydrogens (tertiary/aromatic N) is 1. The average molecular weight is 540 g/mol. The van der Waals surface area contributed by atoms with Gasteiger partial charge in [-0.3, -0.25) is 9.59 Å². The number of ether oxygens (including phenoxy) is 1. The maximum absolute atomic E-state index is 14.5. The Bertz CT molecular complexity index is 1160. The maximum atomic E-state index is 14.5. The van der Waals surface area contributed by atoms with Gasteiger partial charge in [0.25, 0.3) is 0 Å². The molecule has 214 valence electrons. The van der Waals surface area contributed by atoms with Gasteiger partial charge in [0.15, 0.2) is 0 Å². The number of phenols is 1. The van der Waals surface area contributed by atoms with E-state index < -0.39 is 35.2 Å². The number of aryl methyl sites for hydroxylation is 2. The van der Waals surface area contributed by atoms with Crippen LogP contribution in [0.5, 0.6) is 5.75 Å². The van der Waals surface area contributed by atoms with Gasteiger partial charge in [-0.1, -0.05) is 35.9 Å². The second-order valence-electron chi connectivity index (χ2n) is 12.4. The van der Waals surface area contributed by atoms with E-state index in [0.717, 1.165) is 22.3 Å². The van der Waals surface area contributed by atoms with Gasteiger partial charge in [-0.05, 0) is 98.1 Å². The molecule has 8 heteroatoms. The lowest BCUT2D eigenvalue weighted by atomic mass is 9.91. The third kappa shape index (κ3) is 9.30. The molecule has 0 aliphatic rings. The number of alkyl carbamates (subject to hydrolysis) is 1. The summed E-state index contributed by atoms with van der Waals surface area (Å²) in [5.74, 6) is -0.632. The lowest BCUT2D eigenvalue weighted by Gasteiger charge is -2.43. The molecule has 0 saturated carbocycles. The standard InChI is InChI=1S/C31H45N3O5/c1-19(2)32-27(36)26(24-17-20(3)11-12-21(24)4)34(30(5,6)7)28(37)25(33-29(38)39-31(8,9)10)18-22-13-15-23(35)16-14-22/h11-17,19,25-26,35H,18H2,1-10H3,(H,32,36)(H,33,38). The van der Waals surface area contributed by atoms with Crippen LogP contribution in [0, 0.1) is 13.8 Å². The highest BCUT2D eigenvalue weighted by Crippen LogP contribution is 2.33. The summed E-state index contributed by atoms with van der Waals surface area (Å²) >= 11 is 0. The summed E-state index contributed by atoms with van der Waals surface area (Å²) in [6.45, 7) is 18.5. The molecule has 0 aliphatic heterocycles. The summed E-state index contributed by atoms with van der Waals surface area (Å²) in [5, 5.41) is 15.5. The Kier molecular flexibility index (Phi) is 10.2. The van der Waals surface area contributed by atoms with Crippen LogP contribution in [0.4, 0.5) is 4.79 Å². The van der Waals surface area contributed by atoms with Gasteiger partial charge in [0, 0.05) is 18.0 Å². The Morgan fingerprint density at radius 2 is 1.51 bits per heavy atom. The summed E-state index contributed by atoms with van der Waals surface area (Å²) in [6, 6.07) is 10.2. The Morgan fingerprint density at radius 3 is 2.03 bits per heavy atom. The molecule has 0 aromatic heterocycles. The zero-order valence-electron chi connectivity index (χ0n) is 25.0. The van der Waals surface area contributed by atoms with Crippen molar-refractivity contribution in [2.75, 3.05) is 0 Å². The van der Waals surface area contributed by atoms with Crippen molar-refractivity contribution in [1.29, 1.82) is 0 Å². The number of hydrogen-bond acceptors (Lipinski definition) is 5. The molecule has 0 bridgehead atoms. The quantitative estimate of drug-likeness (QED) is 0.420. The highest BCUT2D eigenvalue weighted by Gasteiger charge is 2.42. The SMILES string of the molecule is Cc1ccc(C)c(C(C(=O)NC(C)C)N(C(=O)C(Cc2ccc(O)cc2)NC(=O)OC(C)(C)C)C(C)(C)C)c1. The number of benzene rings is 2. The van der Waals surface area contributed by atoms with E-state index in [2.05, 4.69) is 10.6 Å². The van der Waals surface area contributed by atoms with Crippen LogP contribution in [0.15, 0.2) is 42.5 Å². The van der Waals surface area contributed by atoms with Crippen molar-refractivity contribution in [3.05, 3.63) is 64.7 Å². The lowest BCUT2D eigenvalue weighted by molar-refractivity contribution is -0.148. The van der Waals surface area contributed by atoms with Gasteiger partial charge in [-0.2, -0.15) is 0 Å². The van der Waals surface area contributed by atoms with Gasteiger partial charge < -0.3 is 25.4 Å². The molecule has 0 aliphatic carbocycles. The van der Waals surface area contributed by atoms with Crippen molar-refractivity contribution < 1.29 is 24.2 Å². The molecule has 0 saturated heterocycles. The molecule has 3 N–H and O–H groups in total. The van der Waals surface area contributed by atoms with E-state index in [-0.39, 0.29) is 24.1 Å². The second kappa shape index (κ2) is 12.5. The number of nitrogens with one attached hydrogen (secondary N) is 2. The maximum Gasteiger partial charge on any atom is 0.408 e. The summed E-state index contributed by atoms with van der Waals surface area (Å²) in [7, 11) is 0. The number of carbonyl (C=O) groups excluding carboxylic acids is 3. The van der Waals surface area contributed by atoms with Gasteiger partial charge >= 0.3 is 6.09 Å². The van der Waals surface area contributed by atoms with E-state index in [4.69, 9.17) is 4.74 Å². The first kappa shape index (κ1) is 31.7. The fourth-order valence-electron chi connectivity index (χ4n) is 4.35. The van der Waals surface area contributed by atoms with Gasteiger partial charge in [0.2, 0.25) is 11.8 Å². The van der Waals surface area contributed by atoms with Crippen LogP contribution < -0.4 is 10.6 Å². The molecule has 0 fully saturated rings. The molecule has 2 aromatic rings. The largest absolute Gasteiger partial charge is 0.508 e. The van der Waals surface area contributed by atoms with Crippen LogP contribution in [-0.4, -0.2) is 51.1 Å². The molecule has 39 heavy (non-hydrogen) atoms. The van der Waals surface area contributed by atoms with Crippen molar-refractivity contribution >= 4 is 17.9 Å². The fraction of sp³-hybridized carbons (Fsp3) is 0.516. The van der Waals surface area contributed by atoms with Crippen LogP contribution in [0.25, 0.3) is 0 Å². The Hall–Kier alpha value is -3.55. The molecule has 0 spiro atoms. The third-order valence-electron chi connectivity index (χ3n) is 5.99. The van der Waals surface area contributed by atoms with E-state index in [0.29, 0.717) is 0 Å². The normalized spacial score (nSPS) is 13.4. The average Bonchev–Trinajstić information content (AvgIpc) is 2.77. The zero-order valence-corrected chi connectivity index (χ0v) is 25.0. The summed E-state index contributed by atoms with van der Waals surface area (Å²) in [4.78, 5) is 42.7. The first-order chi connectivity index (χ1) is 17.9. The number of hydrogen-bond donors (Lipinski definition) is 3. The Labute approximate surface area is 233 Å². The summed E-state index contributed by atoms with van der Waals surface area (Å²) in [5.41, 5.74) is 1.73. The molecule has 2 rings (SSSR count). The Morgan fingerprint density at radius 1 is 0.923 bits per heavy atom. The molecule has 2 aromatic carbocycles. The van der Waals surface area contributed by atoms with Crippen LogP contribution in [0.3, 0.4) is 0 Å². The topological polar surface area (TPSA) is 108 Å².